The van der Waals surface area contributed by atoms with Gasteiger partial charge in [-0.3, -0.25) is 4.79 Å². The fraction of sp³-hybridized carbons (Fsp3) is 0.562. The molecule has 1 saturated carbocycles. The van der Waals surface area contributed by atoms with E-state index in [1.165, 1.54) is 5.56 Å². The third-order valence-corrected chi connectivity index (χ3v) is 3.71. The van der Waals surface area contributed by atoms with Crippen molar-refractivity contribution in [2.75, 3.05) is 0 Å². The molecule has 0 bridgehead atoms. The number of nitrogens with one attached hydrogen (secondary N) is 1. The molecule has 0 saturated heterocycles. The summed E-state index contributed by atoms with van der Waals surface area (Å²) in [6, 6.07) is 10.7. The van der Waals surface area contributed by atoms with Crippen molar-refractivity contribution in [1.29, 1.82) is 0 Å². The fourth-order valence-electron chi connectivity index (χ4n) is 2.53. The number of benzene rings is 1. The smallest absolute Gasteiger partial charge is 0.223 e. The largest absolute Gasteiger partial charge is 0.353 e. The Morgan fingerprint density at radius 3 is 2.50 bits per heavy atom. The molecule has 98 valence electrons. The topological polar surface area (TPSA) is 29.1 Å². The summed E-state index contributed by atoms with van der Waals surface area (Å²) < 4.78 is 0. The lowest BCUT2D eigenvalue weighted by molar-refractivity contribution is -0.123. The number of rotatable bonds is 5. The second-order valence-corrected chi connectivity index (χ2v) is 6.14. The van der Waals surface area contributed by atoms with Gasteiger partial charge in [0.1, 0.15) is 0 Å². The highest BCUT2D eigenvalue weighted by atomic mass is 16.2. The summed E-state index contributed by atoms with van der Waals surface area (Å²) in [4.78, 5) is 11.7. The molecule has 2 rings (SSSR count). The van der Waals surface area contributed by atoms with Crippen molar-refractivity contribution in [3.05, 3.63) is 35.9 Å². The molecule has 0 aromatic heterocycles. The van der Waals surface area contributed by atoms with E-state index in [0.717, 1.165) is 19.3 Å². The number of amides is 1. The molecule has 0 radical (unpaired) electrons. The van der Waals surface area contributed by atoms with E-state index in [1.54, 1.807) is 0 Å². The van der Waals surface area contributed by atoms with Crippen molar-refractivity contribution in [3.8, 4) is 0 Å². The fourth-order valence-corrected chi connectivity index (χ4v) is 2.53. The van der Waals surface area contributed by atoms with Crippen LogP contribution >= 0.6 is 0 Å². The second kappa shape index (κ2) is 5.13. The average molecular weight is 245 g/mol. The van der Waals surface area contributed by atoms with E-state index in [0.29, 0.717) is 5.92 Å². The zero-order chi connectivity index (χ0) is 13.2. The van der Waals surface area contributed by atoms with Crippen LogP contribution in [0.1, 0.15) is 45.6 Å². The van der Waals surface area contributed by atoms with Gasteiger partial charge in [-0.25, -0.2) is 0 Å². The maximum absolute atomic E-state index is 11.7. The summed E-state index contributed by atoms with van der Waals surface area (Å²) >= 11 is 0. The van der Waals surface area contributed by atoms with Gasteiger partial charge in [0.15, 0.2) is 0 Å². The van der Waals surface area contributed by atoms with Crippen molar-refractivity contribution in [3.63, 3.8) is 0 Å². The molecule has 0 heterocycles. The molecule has 2 heteroatoms. The molecule has 1 aromatic carbocycles. The minimum Gasteiger partial charge on any atom is -0.353 e. The van der Waals surface area contributed by atoms with Crippen molar-refractivity contribution in [1.82, 2.24) is 5.32 Å². The van der Waals surface area contributed by atoms with Crippen LogP contribution < -0.4 is 5.32 Å². The Kier molecular flexibility index (Phi) is 3.74. The van der Waals surface area contributed by atoms with Crippen LogP contribution in [0.2, 0.25) is 0 Å². The highest BCUT2D eigenvalue weighted by Crippen LogP contribution is 2.31. The van der Waals surface area contributed by atoms with Crippen LogP contribution in [-0.4, -0.2) is 11.9 Å². The Morgan fingerprint density at radius 2 is 1.94 bits per heavy atom. The Balaban J connectivity index is 1.92. The Morgan fingerprint density at radius 1 is 1.33 bits per heavy atom. The van der Waals surface area contributed by atoms with E-state index in [1.807, 2.05) is 6.07 Å². The van der Waals surface area contributed by atoms with Gasteiger partial charge in [0.05, 0.1) is 0 Å². The molecule has 18 heavy (non-hydrogen) atoms. The lowest BCUT2D eigenvalue weighted by atomic mass is 9.79. The average Bonchev–Trinajstić information content (AvgIpc) is 3.13. The predicted molar refractivity (Wildman–Crippen MR) is 74.4 cm³/mol. The SMILES string of the molecule is CC(CC(C)(C)c1ccccc1)NC(=O)C1CC1. The van der Waals surface area contributed by atoms with Crippen LogP contribution in [0.25, 0.3) is 0 Å². The number of hydrogen-bond donors (Lipinski definition) is 1. The Labute approximate surface area is 110 Å². The van der Waals surface area contributed by atoms with Crippen molar-refractivity contribution < 1.29 is 4.79 Å². The van der Waals surface area contributed by atoms with Gasteiger partial charge >= 0.3 is 0 Å². The van der Waals surface area contributed by atoms with Gasteiger partial charge in [-0.1, -0.05) is 44.2 Å². The highest BCUT2D eigenvalue weighted by Gasteiger charge is 2.31. The van der Waals surface area contributed by atoms with Gasteiger partial charge < -0.3 is 5.32 Å². The molecule has 1 aliphatic carbocycles. The molecule has 1 unspecified atom stereocenters. The molecule has 1 amide bonds. The first kappa shape index (κ1) is 13.1. The maximum Gasteiger partial charge on any atom is 0.223 e. The van der Waals surface area contributed by atoms with E-state index in [2.05, 4.69) is 50.4 Å². The molecule has 0 aliphatic heterocycles. The molecule has 2 nitrogen and oxygen atoms in total. The van der Waals surface area contributed by atoms with Crippen LogP contribution in [0.15, 0.2) is 30.3 Å². The molecule has 1 N–H and O–H groups in total. The first-order chi connectivity index (χ1) is 8.49. The Hall–Kier alpha value is -1.31. The van der Waals surface area contributed by atoms with E-state index in [-0.39, 0.29) is 17.4 Å². The minimum atomic E-state index is 0.0947. The Bertz CT molecular complexity index is 406. The third-order valence-electron chi connectivity index (χ3n) is 3.71. The van der Waals surface area contributed by atoms with Crippen molar-refractivity contribution in [2.45, 2.75) is 51.5 Å². The van der Waals surface area contributed by atoms with Crippen molar-refractivity contribution >= 4 is 5.91 Å². The predicted octanol–water partition coefficient (Wildman–Crippen LogP) is 3.27. The first-order valence-corrected chi connectivity index (χ1v) is 6.85. The normalized spacial score (nSPS) is 17.3. The summed E-state index contributed by atoms with van der Waals surface area (Å²) in [5.41, 5.74) is 1.43. The van der Waals surface area contributed by atoms with Gasteiger partial charge in [-0.2, -0.15) is 0 Å². The summed E-state index contributed by atoms with van der Waals surface area (Å²) in [7, 11) is 0. The standard InChI is InChI=1S/C16H23NO/c1-12(17-15(18)13-9-10-13)11-16(2,3)14-7-5-4-6-8-14/h4-8,12-13H,9-11H2,1-3H3,(H,17,18). The maximum atomic E-state index is 11.7. The molecule has 0 spiro atoms. The summed E-state index contributed by atoms with van der Waals surface area (Å²) in [6.45, 7) is 6.58. The molecule has 1 fully saturated rings. The monoisotopic (exact) mass is 245 g/mol. The van der Waals surface area contributed by atoms with E-state index >= 15 is 0 Å². The van der Waals surface area contributed by atoms with Gasteiger partial charge in [0.25, 0.3) is 0 Å². The number of carbonyl (C=O) groups excluding carboxylic acids is 1. The van der Waals surface area contributed by atoms with Gasteiger partial charge in [-0.05, 0) is 37.2 Å². The lowest BCUT2D eigenvalue weighted by Gasteiger charge is -2.29. The quantitative estimate of drug-likeness (QED) is 0.847. The molecular weight excluding hydrogens is 222 g/mol. The summed E-state index contributed by atoms with van der Waals surface area (Å²) in [5.74, 6) is 0.540. The third kappa shape index (κ3) is 3.34. The highest BCUT2D eigenvalue weighted by molar-refractivity contribution is 5.81. The first-order valence-electron chi connectivity index (χ1n) is 6.85. The van der Waals surface area contributed by atoms with E-state index in [4.69, 9.17) is 0 Å². The molecule has 1 atom stereocenters. The summed E-state index contributed by atoms with van der Waals surface area (Å²) in [6.07, 6.45) is 3.11. The van der Waals surface area contributed by atoms with Gasteiger partial charge in [-0.15, -0.1) is 0 Å². The van der Waals surface area contributed by atoms with Crippen LogP contribution in [0.4, 0.5) is 0 Å². The van der Waals surface area contributed by atoms with Gasteiger partial charge in [0, 0.05) is 12.0 Å². The van der Waals surface area contributed by atoms with Crippen molar-refractivity contribution in [2.24, 2.45) is 5.92 Å². The number of carbonyl (C=O) groups is 1. The van der Waals surface area contributed by atoms with E-state index < -0.39 is 0 Å². The van der Waals surface area contributed by atoms with Crippen LogP contribution in [0.5, 0.6) is 0 Å². The molecular formula is C16H23NO. The van der Waals surface area contributed by atoms with Crippen LogP contribution in [0.3, 0.4) is 0 Å². The lowest BCUT2D eigenvalue weighted by Crippen LogP contribution is -2.38. The zero-order valence-electron chi connectivity index (χ0n) is 11.6. The van der Waals surface area contributed by atoms with Crippen LogP contribution in [0, 0.1) is 5.92 Å². The summed E-state index contributed by atoms with van der Waals surface area (Å²) in [5, 5.41) is 3.13. The molecule has 1 aliphatic rings. The number of hydrogen-bond acceptors (Lipinski definition) is 1. The second-order valence-electron chi connectivity index (χ2n) is 6.14. The molecule has 1 aromatic rings. The zero-order valence-corrected chi connectivity index (χ0v) is 11.6. The van der Waals surface area contributed by atoms with Crippen LogP contribution in [-0.2, 0) is 10.2 Å². The minimum absolute atomic E-state index is 0.0947. The van der Waals surface area contributed by atoms with E-state index in [9.17, 15) is 4.79 Å². The van der Waals surface area contributed by atoms with Gasteiger partial charge in [0.2, 0.25) is 5.91 Å².